The highest BCUT2D eigenvalue weighted by atomic mass is 16.7. The molecule has 0 aromatic heterocycles. The molecule has 2 heteroatoms. The molecule has 13 heavy (non-hydrogen) atoms. The lowest BCUT2D eigenvalue weighted by Gasteiger charge is -2.48. The van der Waals surface area contributed by atoms with Gasteiger partial charge in [-0.2, -0.15) is 0 Å². The third kappa shape index (κ3) is 1.50. The summed E-state index contributed by atoms with van der Waals surface area (Å²) < 4.78 is 11.1. The van der Waals surface area contributed by atoms with Gasteiger partial charge in [-0.15, -0.1) is 0 Å². The average Bonchev–Trinajstić information content (AvgIpc) is 2.15. The number of ether oxygens (including phenoxy) is 2. The first-order valence-corrected chi connectivity index (χ1v) is 5.45. The molecule has 1 aliphatic heterocycles. The summed E-state index contributed by atoms with van der Waals surface area (Å²) in [5, 5.41) is 0. The Morgan fingerprint density at radius 3 is 2.77 bits per heavy atom. The predicted octanol–water partition coefficient (Wildman–Crippen LogP) is 2.58. The molecule has 0 amide bonds. The van der Waals surface area contributed by atoms with Crippen molar-refractivity contribution >= 4 is 0 Å². The Hall–Kier alpha value is -0.0800. The van der Waals surface area contributed by atoms with Crippen molar-refractivity contribution in [1.29, 1.82) is 0 Å². The van der Waals surface area contributed by atoms with Crippen molar-refractivity contribution in [3.8, 4) is 0 Å². The highest BCUT2D eigenvalue weighted by Gasteiger charge is 2.45. The zero-order chi connectivity index (χ0) is 9.31. The van der Waals surface area contributed by atoms with E-state index in [9.17, 15) is 0 Å². The van der Waals surface area contributed by atoms with Crippen molar-refractivity contribution in [2.24, 2.45) is 11.3 Å². The van der Waals surface area contributed by atoms with E-state index in [0.29, 0.717) is 18.3 Å². The first kappa shape index (κ1) is 9.47. The normalized spacial score (nSPS) is 46.6. The van der Waals surface area contributed by atoms with Crippen molar-refractivity contribution in [3.05, 3.63) is 0 Å². The van der Waals surface area contributed by atoms with Crippen LogP contribution >= 0.6 is 0 Å². The predicted molar refractivity (Wildman–Crippen MR) is 51.4 cm³/mol. The number of hydrogen-bond donors (Lipinski definition) is 0. The second-order valence-corrected chi connectivity index (χ2v) is 4.66. The van der Waals surface area contributed by atoms with Crippen LogP contribution in [0.15, 0.2) is 0 Å². The Labute approximate surface area is 80.6 Å². The first-order chi connectivity index (χ1) is 6.26. The molecule has 1 aliphatic carbocycles. The molecule has 2 aliphatic rings. The molecule has 1 spiro atoms. The summed E-state index contributed by atoms with van der Waals surface area (Å²) in [7, 11) is 0. The molecule has 3 unspecified atom stereocenters. The molecular weight excluding hydrogens is 164 g/mol. The van der Waals surface area contributed by atoms with Crippen LogP contribution < -0.4 is 0 Å². The molecule has 1 saturated carbocycles. The molecule has 0 aromatic rings. The fourth-order valence-electron chi connectivity index (χ4n) is 2.92. The smallest absolute Gasteiger partial charge is 0.147 e. The van der Waals surface area contributed by atoms with Gasteiger partial charge in [-0.25, -0.2) is 0 Å². The molecule has 0 bridgehead atoms. The van der Waals surface area contributed by atoms with Gasteiger partial charge < -0.3 is 9.47 Å². The molecule has 76 valence electrons. The Morgan fingerprint density at radius 1 is 1.23 bits per heavy atom. The molecule has 1 saturated heterocycles. The van der Waals surface area contributed by atoms with Gasteiger partial charge in [0.15, 0.2) is 0 Å². The second kappa shape index (κ2) is 3.58. The average molecular weight is 184 g/mol. The Bertz CT molecular complexity index is 159. The largest absolute Gasteiger partial charge is 0.355 e. The lowest BCUT2D eigenvalue weighted by atomic mass is 9.64. The minimum atomic E-state index is 0.330. The molecule has 2 rings (SSSR count). The van der Waals surface area contributed by atoms with Gasteiger partial charge in [0, 0.05) is 5.41 Å². The van der Waals surface area contributed by atoms with Gasteiger partial charge in [-0.3, -0.25) is 0 Å². The van der Waals surface area contributed by atoms with E-state index in [1.807, 2.05) is 0 Å². The van der Waals surface area contributed by atoms with E-state index in [2.05, 4.69) is 13.8 Å². The van der Waals surface area contributed by atoms with Crippen molar-refractivity contribution in [2.45, 2.75) is 45.6 Å². The van der Waals surface area contributed by atoms with Gasteiger partial charge in [0.2, 0.25) is 0 Å². The van der Waals surface area contributed by atoms with Crippen LogP contribution in [0.3, 0.4) is 0 Å². The monoisotopic (exact) mass is 184 g/mol. The maximum absolute atomic E-state index is 5.62. The number of hydrogen-bond acceptors (Lipinski definition) is 2. The molecule has 0 aromatic carbocycles. The molecule has 2 nitrogen and oxygen atoms in total. The lowest BCUT2D eigenvalue weighted by Crippen LogP contribution is -2.49. The minimum Gasteiger partial charge on any atom is -0.355 e. The first-order valence-electron chi connectivity index (χ1n) is 5.45. The van der Waals surface area contributed by atoms with E-state index in [4.69, 9.17) is 9.47 Å². The summed E-state index contributed by atoms with van der Waals surface area (Å²) in [4.78, 5) is 0. The Kier molecular flexibility index (Phi) is 2.61. The van der Waals surface area contributed by atoms with Gasteiger partial charge in [-0.05, 0) is 25.7 Å². The van der Waals surface area contributed by atoms with Crippen LogP contribution in [-0.4, -0.2) is 19.5 Å². The molecular formula is C11H20O2. The third-order valence-electron chi connectivity index (χ3n) is 4.09. The van der Waals surface area contributed by atoms with Crippen molar-refractivity contribution < 1.29 is 9.47 Å². The van der Waals surface area contributed by atoms with Crippen LogP contribution in [0.1, 0.15) is 39.5 Å². The quantitative estimate of drug-likeness (QED) is 0.576. The van der Waals surface area contributed by atoms with Gasteiger partial charge in [0.25, 0.3) is 0 Å². The van der Waals surface area contributed by atoms with Crippen LogP contribution in [0.2, 0.25) is 0 Å². The van der Waals surface area contributed by atoms with Crippen molar-refractivity contribution in [1.82, 2.24) is 0 Å². The molecule has 0 N–H and O–H groups in total. The van der Waals surface area contributed by atoms with Crippen LogP contribution in [-0.2, 0) is 9.47 Å². The summed E-state index contributed by atoms with van der Waals surface area (Å²) in [6, 6.07) is 0. The highest BCUT2D eigenvalue weighted by molar-refractivity contribution is 4.93. The van der Waals surface area contributed by atoms with E-state index in [1.165, 1.54) is 25.7 Å². The molecule has 1 heterocycles. The van der Waals surface area contributed by atoms with E-state index in [1.54, 1.807) is 0 Å². The minimum absolute atomic E-state index is 0.330. The van der Waals surface area contributed by atoms with Gasteiger partial charge in [-0.1, -0.05) is 19.8 Å². The second-order valence-electron chi connectivity index (χ2n) is 4.66. The van der Waals surface area contributed by atoms with Gasteiger partial charge in [0.05, 0.1) is 12.7 Å². The van der Waals surface area contributed by atoms with Crippen LogP contribution in [0, 0.1) is 11.3 Å². The zero-order valence-electron chi connectivity index (χ0n) is 8.71. The molecule has 3 atom stereocenters. The van der Waals surface area contributed by atoms with Gasteiger partial charge >= 0.3 is 0 Å². The summed E-state index contributed by atoms with van der Waals surface area (Å²) in [5.41, 5.74) is 0.330. The molecule has 2 fully saturated rings. The van der Waals surface area contributed by atoms with Crippen molar-refractivity contribution in [2.75, 3.05) is 13.4 Å². The van der Waals surface area contributed by atoms with Crippen LogP contribution in [0.25, 0.3) is 0 Å². The fraction of sp³-hybridized carbons (Fsp3) is 1.00. The summed E-state index contributed by atoms with van der Waals surface area (Å²) in [5.74, 6) is 0.761. The Morgan fingerprint density at radius 2 is 2.08 bits per heavy atom. The maximum Gasteiger partial charge on any atom is 0.147 e. The van der Waals surface area contributed by atoms with Gasteiger partial charge in [0.1, 0.15) is 6.79 Å². The third-order valence-corrected chi connectivity index (χ3v) is 4.09. The van der Waals surface area contributed by atoms with E-state index >= 15 is 0 Å². The zero-order valence-corrected chi connectivity index (χ0v) is 8.71. The standard InChI is InChI=1S/C11H20O2/c1-9-5-3-4-6-11(9)7-12-8-13-10(11)2/h9-10H,3-8H2,1-2H3. The van der Waals surface area contributed by atoms with E-state index < -0.39 is 0 Å². The lowest BCUT2D eigenvalue weighted by molar-refractivity contribution is -0.226. The van der Waals surface area contributed by atoms with Crippen molar-refractivity contribution in [3.63, 3.8) is 0 Å². The van der Waals surface area contributed by atoms with E-state index in [0.717, 1.165) is 12.5 Å². The van der Waals surface area contributed by atoms with Crippen LogP contribution in [0.5, 0.6) is 0 Å². The number of rotatable bonds is 0. The maximum atomic E-state index is 5.62. The Balaban J connectivity index is 2.13. The van der Waals surface area contributed by atoms with E-state index in [-0.39, 0.29) is 0 Å². The summed E-state index contributed by atoms with van der Waals surface area (Å²) in [6.07, 6.45) is 5.75. The fourth-order valence-corrected chi connectivity index (χ4v) is 2.92. The summed E-state index contributed by atoms with van der Waals surface area (Å²) >= 11 is 0. The topological polar surface area (TPSA) is 18.5 Å². The summed E-state index contributed by atoms with van der Waals surface area (Å²) in [6.45, 7) is 5.98. The SMILES string of the molecule is CC1CCCCC12COCOC2C. The highest BCUT2D eigenvalue weighted by Crippen LogP contribution is 2.46. The molecule has 0 radical (unpaired) electrons. The van der Waals surface area contributed by atoms with Crippen LogP contribution in [0.4, 0.5) is 0 Å².